The van der Waals surface area contributed by atoms with Crippen LogP contribution in [0.3, 0.4) is 0 Å². The topological polar surface area (TPSA) is 162 Å². The lowest BCUT2D eigenvalue weighted by Gasteiger charge is -2.50. The number of esters is 1. The van der Waals surface area contributed by atoms with Crippen molar-refractivity contribution >= 4 is 29.4 Å². The first kappa shape index (κ1) is 41.2. The summed E-state index contributed by atoms with van der Waals surface area (Å²) in [5.74, 6) is -6.85. The number of nitrogens with one attached hydrogen (secondary N) is 2. The normalized spacial score (nSPS) is 17.7. The number of nitrogens with two attached hydrogens (primary N) is 1. The third-order valence-electron chi connectivity index (χ3n) is 10.1. The Balaban J connectivity index is 1.25. The van der Waals surface area contributed by atoms with Crippen molar-refractivity contribution in [2.24, 2.45) is 5.73 Å². The van der Waals surface area contributed by atoms with Gasteiger partial charge in [0.05, 0.1) is 18.7 Å². The molecule has 0 saturated carbocycles. The predicted molar refractivity (Wildman–Crippen MR) is 202 cm³/mol. The summed E-state index contributed by atoms with van der Waals surface area (Å²) in [7, 11) is 0. The van der Waals surface area contributed by atoms with Crippen LogP contribution in [0.1, 0.15) is 134 Å². The van der Waals surface area contributed by atoms with Gasteiger partial charge >= 0.3 is 5.97 Å². The van der Waals surface area contributed by atoms with Gasteiger partial charge in [-0.25, -0.2) is 13.6 Å². The maximum Gasteiger partial charge on any atom is 0.343 e. The standard InChI is InChI=1S/C41H51F2N5O7/c1-3-4-5-6-7-8-9-10-11-12-13-14-34(49)46-31-19-16-28(17-20-31)40(53)55-37-35-39(52)48-27(2)21-22-54-41(48,44)26-47(35)25-32(36(37)50)38(51)45-24-29-15-18-30(42)23-33(29)43/h15-20,23,25,27H,3-14,21-22,24,26,44H2,1-2H3,(H,45,51)(H,46,49)/t27-,41-/m1/s1. The predicted octanol–water partition coefficient (Wildman–Crippen LogP) is 6.79. The van der Waals surface area contributed by atoms with Gasteiger partial charge in [0, 0.05) is 42.5 Å². The van der Waals surface area contributed by atoms with E-state index in [4.69, 9.17) is 15.2 Å². The summed E-state index contributed by atoms with van der Waals surface area (Å²) in [6.07, 6.45) is 15.0. The number of amides is 3. The number of carbonyl (C=O) groups excluding carboxylic acids is 4. The Hall–Kier alpha value is -4.95. The molecule has 1 fully saturated rings. The van der Waals surface area contributed by atoms with Crippen molar-refractivity contribution < 1.29 is 37.4 Å². The highest BCUT2D eigenvalue weighted by atomic mass is 19.1. The van der Waals surface area contributed by atoms with Gasteiger partial charge in [-0.1, -0.05) is 77.2 Å². The summed E-state index contributed by atoms with van der Waals surface area (Å²) >= 11 is 0. The number of ether oxygens (including phenoxy) is 2. The lowest BCUT2D eigenvalue weighted by molar-refractivity contribution is -0.193. The second-order valence-electron chi connectivity index (χ2n) is 14.4. The molecule has 0 bridgehead atoms. The SMILES string of the molecule is CCCCCCCCCCCCCC(=O)Nc1ccc(C(=O)Oc2c3n(cc(C(=O)NCc4ccc(F)cc4F)c2=O)C[C@]2(N)OCC[C@@H](C)N2C3=O)cc1. The molecule has 3 heterocycles. The zero-order valence-corrected chi connectivity index (χ0v) is 31.6. The van der Waals surface area contributed by atoms with E-state index < -0.39 is 58.6 Å². The fraction of sp³-hybridized carbons (Fsp3) is 0.488. The monoisotopic (exact) mass is 763 g/mol. The average Bonchev–Trinajstić information content (AvgIpc) is 3.14. The minimum absolute atomic E-state index is 0.00857. The molecule has 3 aromatic rings. The molecular weight excluding hydrogens is 712 g/mol. The maximum atomic E-state index is 14.3. The van der Waals surface area contributed by atoms with E-state index in [2.05, 4.69) is 17.6 Å². The number of hydrogen-bond acceptors (Lipinski definition) is 8. The molecule has 2 aliphatic heterocycles. The van der Waals surface area contributed by atoms with Gasteiger partial charge in [0.1, 0.15) is 17.2 Å². The summed E-state index contributed by atoms with van der Waals surface area (Å²) < 4.78 is 40.3. The van der Waals surface area contributed by atoms with Crippen LogP contribution in [0.2, 0.25) is 0 Å². The number of hydrogen-bond donors (Lipinski definition) is 3. The highest BCUT2D eigenvalue weighted by Crippen LogP contribution is 2.34. The summed E-state index contributed by atoms with van der Waals surface area (Å²) in [6.45, 7) is 3.65. The fourth-order valence-electron chi connectivity index (χ4n) is 7.02. The number of anilines is 1. The largest absolute Gasteiger partial charge is 0.416 e. The molecule has 5 rings (SSSR count). The molecule has 0 spiro atoms. The zero-order chi connectivity index (χ0) is 39.5. The summed E-state index contributed by atoms with van der Waals surface area (Å²) in [5.41, 5.74) is 5.08. The quantitative estimate of drug-likeness (QED) is 0.0943. The molecule has 14 heteroatoms. The third kappa shape index (κ3) is 10.4. The molecule has 55 heavy (non-hydrogen) atoms. The van der Waals surface area contributed by atoms with Gasteiger partial charge in [-0.15, -0.1) is 0 Å². The first-order chi connectivity index (χ1) is 26.4. The van der Waals surface area contributed by atoms with Gasteiger partial charge in [-0.05, 0) is 50.1 Å². The lowest BCUT2D eigenvalue weighted by Crippen LogP contribution is -2.70. The van der Waals surface area contributed by atoms with Crippen molar-refractivity contribution in [2.45, 2.75) is 122 Å². The molecule has 1 aromatic heterocycles. The van der Waals surface area contributed by atoms with Gasteiger partial charge in [-0.2, -0.15) is 0 Å². The Bertz CT molecular complexity index is 1920. The van der Waals surface area contributed by atoms with E-state index in [1.165, 1.54) is 85.1 Å². The van der Waals surface area contributed by atoms with Crippen LogP contribution in [0.5, 0.6) is 5.75 Å². The van der Waals surface area contributed by atoms with E-state index in [9.17, 15) is 32.8 Å². The van der Waals surface area contributed by atoms with E-state index in [1.54, 1.807) is 6.92 Å². The second kappa shape index (κ2) is 19.1. The molecule has 3 amide bonds. The van der Waals surface area contributed by atoms with Crippen molar-refractivity contribution in [3.05, 3.63) is 92.9 Å². The van der Waals surface area contributed by atoms with Gasteiger partial charge in [0.15, 0.2) is 5.69 Å². The fourth-order valence-corrected chi connectivity index (χ4v) is 7.02. The van der Waals surface area contributed by atoms with Crippen LogP contribution in [-0.4, -0.2) is 51.7 Å². The highest BCUT2D eigenvalue weighted by Gasteiger charge is 2.50. The molecule has 1 saturated heterocycles. The molecular formula is C41H51F2N5O7. The molecule has 2 atom stereocenters. The number of halogens is 2. The number of rotatable bonds is 18. The molecule has 4 N–H and O–H groups in total. The van der Waals surface area contributed by atoms with Crippen LogP contribution >= 0.6 is 0 Å². The van der Waals surface area contributed by atoms with Crippen LogP contribution in [0.15, 0.2) is 53.5 Å². The van der Waals surface area contributed by atoms with E-state index in [0.29, 0.717) is 24.6 Å². The van der Waals surface area contributed by atoms with Crippen molar-refractivity contribution in [3.8, 4) is 5.75 Å². The van der Waals surface area contributed by atoms with Gasteiger partial charge in [0.25, 0.3) is 11.8 Å². The highest BCUT2D eigenvalue weighted by molar-refractivity contribution is 6.01. The Kier molecular flexibility index (Phi) is 14.3. The summed E-state index contributed by atoms with van der Waals surface area (Å²) in [5, 5.41) is 5.26. The summed E-state index contributed by atoms with van der Waals surface area (Å²) in [6, 6.07) is 8.32. The minimum atomic E-state index is -1.61. The molecule has 12 nitrogen and oxygen atoms in total. The molecule has 2 aliphatic rings. The first-order valence-electron chi connectivity index (χ1n) is 19.3. The molecule has 0 radical (unpaired) electrons. The van der Waals surface area contributed by atoms with E-state index >= 15 is 0 Å². The van der Waals surface area contributed by atoms with Gasteiger partial charge in [0.2, 0.25) is 22.9 Å². The second-order valence-corrected chi connectivity index (χ2v) is 14.4. The van der Waals surface area contributed by atoms with E-state index in [-0.39, 0.29) is 41.9 Å². The average molecular weight is 764 g/mol. The lowest BCUT2D eigenvalue weighted by atomic mass is 10.0. The molecule has 296 valence electrons. The van der Waals surface area contributed by atoms with Crippen LogP contribution in [0, 0.1) is 11.6 Å². The Labute approximate surface area is 319 Å². The number of pyridine rings is 1. The van der Waals surface area contributed by atoms with Crippen molar-refractivity contribution in [2.75, 3.05) is 11.9 Å². The number of aromatic nitrogens is 1. The number of benzene rings is 2. The number of nitrogens with zero attached hydrogens (tertiary/aromatic N) is 2. The number of carbonyl (C=O) groups is 4. The molecule has 0 aliphatic carbocycles. The van der Waals surface area contributed by atoms with Crippen molar-refractivity contribution in [1.29, 1.82) is 0 Å². The molecule has 0 unspecified atom stereocenters. The van der Waals surface area contributed by atoms with Crippen LogP contribution in [-0.2, 0) is 22.6 Å². The third-order valence-corrected chi connectivity index (χ3v) is 10.1. The van der Waals surface area contributed by atoms with Crippen LogP contribution < -0.4 is 26.5 Å². The van der Waals surface area contributed by atoms with Gasteiger partial charge in [-0.3, -0.25) is 29.8 Å². The Morgan fingerprint density at radius 2 is 1.60 bits per heavy atom. The van der Waals surface area contributed by atoms with Crippen LogP contribution in [0.25, 0.3) is 0 Å². The minimum Gasteiger partial charge on any atom is -0.416 e. The Morgan fingerprint density at radius 1 is 0.945 bits per heavy atom. The van der Waals surface area contributed by atoms with Crippen molar-refractivity contribution in [3.63, 3.8) is 0 Å². The number of unbranched alkanes of at least 4 members (excludes halogenated alkanes) is 10. The Morgan fingerprint density at radius 3 is 2.25 bits per heavy atom. The van der Waals surface area contributed by atoms with Crippen LogP contribution in [0.4, 0.5) is 14.5 Å². The van der Waals surface area contributed by atoms with E-state index in [1.807, 2.05) is 0 Å². The molecule has 2 aromatic carbocycles. The first-order valence-corrected chi connectivity index (χ1v) is 19.3. The zero-order valence-electron chi connectivity index (χ0n) is 31.6. The summed E-state index contributed by atoms with van der Waals surface area (Å²) in [4.78, 5) is 68.5. The van der Waals surface area contributed by atoms with Gasteiger partial charge < -0.3 is 24.7 Å². The maximum absolute atomic E-state index is 14.3. The number of fused-ring (bicyclic) bond motifs is 2. The van der Waals surface area contributed by atoms with E-state index in [0.717, 1.165) is 37.6 Å². The smallest absolute Gasteiger partial charge is 0.343 e. The van der Waals surface area contributed by atoms with Crippen molar-refractivity contribution in [1.82, 2.24) is 14.8 Å².